The number of hydrogen-bond donors (Lipinski definition) is 2. The highest BCUT2D eigenvalue weighted by Crippen LogP contribution is 2.46. The molecule has 0 atom stereocenters. The minimum Gasteiger partial charge on any atom is -0.322 e. The minimum atomic E-state index is -0.675. The Labute approximate surface area is 351 Å². The number of aromatic nitrogens is 6. The first-order valence-corrected chi connectivity index (χ1v) is 20.2. The van der Waals surface area contributed by atoms with E-state index in [2.05, 4.69) is 84.7 Å². The van der Waals surface area contributed by atoms with Crippen LogP contribution in [0.15, 0.2) is 92.2 Å². The second-order valence-corrected chi connectivity index (χ2v) is 15.9. The average molecular weight is 830 g/mol. The van der Waals surface area contributed by atoms with E-state index in [1.54, 1.807) is 6.07 Å². The molecule has 0 amide bonds. The van der Waals surface area contributed by atoms with Crippen LogP contribution >= 0.6 is 23.2 Å². The largest absolute Gasteiger partial charge is 0.349 e. The molecule has 11 nitrogen and oxygen atoms in total. The van der Waals surface area contributed by atoms with Crippen LogP contribution in [-0.4, -0.2) is 36.0 Å². The number of aromatic amines is 2. The van der Waals surface area contributed by atoms with Gasteiger partial charge in [-0.25, -0.2) is 19.8 Å². The molecule has 1 aromatic heterocycles. The van der Waals surface area contributed by atoms with E-state index >= 15 is 0 Å². The van der Waals surface area contributed by atoms with Gasteiger partial charge in [0.15, 0.2) is 22.7 Å². The molecule has 4 aromatic carbocycles. The van der Waals surface area contributed by atoms with Gasteiger partial charge in [0.05, 0.1) is 32.5 Å². The second-order valence-electron chi connectivity index (χ2n) is 15.1. The fraction of sp³-hybridized carbons (Fsp3) is 0.283. The van der Waals surface area contributed by atoms with Crippen LogP contribution < -0.4 is 32.5 Å². The molecule has 59 heavy (non-hydrogen) atoms. The molecular weight excluding hydrogens is 783 g/mol. The lowest BCUT2D eigenvalue weighted by Gasteiger charge is -2.29. The highest BCUT2D eigenvalue weighted by Gasteiger charge is 2.29. The smallest absolute Gasteiger partial charge is 0.322 e. The average Bonchev–Trinajstić information content (AvgIpc) is 4.03. The van der Waals surface area contributed by atoms with Gasteiger partial charge in [-0.15, -0.1) is 0 Å². The molecule has 0 saturated heterocycles. The molecule has 4 heterocycles. The van der Waals surface area contributed by atoms with Crippen LogP contribution in [0.1, 0.15) is 72.4 Å². The number of nitrogens with zero attached hydrogens (tertiary/aromatic N) is 6. The van der Waals surface area contributed by atoms with Gasteiger partial charge < -0.3 is 14.5 Å². The SMILES string of the molecule is C.C=c1nc2c(c(=O)[nH]1)=Nc1cc(C)c(C3CC3)cc1N2CCCc1ccccc1.Cc1cc2nc3c(=O)[nH]c(=O)nc-3n(CCCc3ccc(Cl)c(Cl)c3)c2cc1C. The number of rotatable bonds is 9. The van der Waals surface area contributed by atoms with Crippen molar-refractivity contribution < 1.29 is 0 Å². The van der Waals surface area contributed by atoms with Crippen LogP contribution in [0.5, 0.6) is 0 Å². The van der Waals surface area contributed by atoms with E-state index in [1.807, 2.05) is 48.7 Å². The Morgan fingerprint density at radius 1 is 0.763 bits per heavy atom. The van der Waals surface area contributed by atoms with E-state index in [4.69, 9.17) is 23.2 Å². The second kappa shape index (κ2) is 17.1. The van der Waals surface area contributed by atoms with Crippen molar-refractivity contribution in [1.82, 2.24) is 29.5 Å². The van der Waals surface area contributed by atoms with Gasteiger partial charge in [0.2, 0.25) is 0 Å². The number of anilines is 2. The molecule has 5 aromatic rings. The summed E-state index contributed by atoms with van der Waals surface area (Å²) in [4.78, 5) is 61.5. The third-order valence-corrected chi connectivity index (χ3v) is 11.6. The number of benzene rings is 4. The van der Waals surface area contributed by atoms with Gasteiger partial charge in [-0.2, -0.15) is 4.98 Å². The summed E-state index contributed by atoms with van der Waals surface area (Å²) in [6, 6.07) is 24.4. The number of halogens is 2. The van der Waals surface area contributed by atoms with Gasteiger partial charge in [0.25, 0.3) is 11.1 Å². The Hall–Kier alpha value is -5.91. The molecule has 13 heteroatoms. The molecule has 0 spiro atoms. The predicted octanol–water partition coefficient (Wildman–Crippen LogP) is 8.18. The standard InChI is InChI=1S/C24H24N4O.C21H18Cl2N4O2.CH4/c1-15-13-20-21(14-19(15)18-10-11-18)28(12-6-9-17-7-4-3-5-8-17)23-22(27-20)24(29)26-16(2)25-23;1-11-8-16-17(9-12(11)2)27(19-18(24-16)20(28)26-21(29)25-19)7-3-4-13-5-6-14(22)15(23)10-13;/h3-5,7-8,13-14,18H,2,6,9-12H2,1H3,(H,26,29);5-6,8-10H,3-4,7H2,1-2H3,(H,26,28,29);1H4. The highest BCUT2D eigenvalue weighted by atomic mass is 35.5. The molecule has 3 aliphatic heterocycles. The fourth-order valence-corrected chi connectivity index (χ4v) is 7.91. The summed E-state index contributed by atoms with van der Waals surface area (Å²) in [5, 5.41) is 1.42. The molecule has 9 rings (SSSR count). The summed E-state index contributed by atoms with van der Waals surface area (Å²) in [6.45, 7) is 11.3. The van der Waals surface area contributed by atoms with E-state index in [0.717, 1.165) is 65.8 Å². The van der Waals surface area contributed by atoms with Gasteiger partial charge in [0.1, 0.15) is 5.48 Å². The zero-order valence-electron chi connectivity index (χ0n) is 32.5. The van der Waals surface area contributed by atoms with Crippen LogP contribution in [0.25, 0.3) is 29.1 Å². The molecule has 1 fully saturated rings. The molecule has 0 bridgehead atoms. The maximum Gasteiger partial charge on any atom is 0.349 e. The van der Waals surface area contributed by atoms with Crippen LogP contribution in [0.2, 0.25) is 10.0 Å². The summed E-state index contributed by atoms with van der Waals surface area (Å²) in [5.41, 5.74) is 9.74. The molecule has 4 aliphatic rings. The highest BCUT2D eigenvalue weighted by molar-refractivity contribution is 6.42. The van der Waals surface area contributed by atoms with Crippen molar-refractivity contribution in [3.63, 3.8) is 0 Å². The number of hydrogen-bond acceptors (Lipinski definition) is 8. The van der Waals surface area contributed by atoms with Crippen molar-refractivity contribution >= 4 is 58.0 Å². The Kier molecular flexibility index (Phi) is 12.0. The monoisotopic (exact) mass is 828 g/mol. The Bertz CT molecular complexity index is 2980. The topological polar surface area (TPSA) is 142 Å². The van der Waals surface area contributed by atoms with E-state index in [9.17, 15) is 14.4 Å². The zero-order chi connectivity index (χ0) is 40.7. The third-order valence-electron chi connectivity index (χ3n) is 10.8. The first-order valence-electron chi connectivity index (χ1n) is 19.4. The van der Waals surface area contributed by atoms with Crippen molar-refractivity contribution in [2.75, 3.05) is 11.4 Å². The van der Waals surface area contributed by atoms with E-state index < -0.39 is 11.2 Å². The molecule has 1 aliphatic carbocycles. The fourth-order valence-electron chi connectivity index (χ4n) is 7.59. The van der Waals surface area contributed by atoms with Gasteiger partial charge in [0, 0.05) is 13.1 Å². The molecular formula is C46H46Cl2N8O3. The van der Waals surface area contributed by atoms with Gasteiger partial charge in [-0.3, -0.25) is 14.6 Å². The van der Waals surface area contributed by atoms with Gasteiger partial charge >= 0.3 is 5.69 Å². The van der Waals surface area contributed by atoms with Crippen molar-refractivity contribution in [2.24, 2.45) is 4.99 Å². The lowest BCUT2D eigenvalue weighted by Crippen LogP contribution is -2.42. The van der Waals surface area contributed by atoms with Crippen LogP contribution in [0.4, 0.5) is 17.2 Å². The maximum atomic E-state index is 12.5. The van der Waals surface area contributed by atoms with E-state index in [1.165, 1.54) is 29.5 Å². The minimum absolute atomic E-state index is 0. The Morgan fingerprint density at radius 3 is 2.24 bits per heavy atom. The van der Waals surface area contributed by atoms with Crippen LogP contribution in [0, 0.1) is 20.8 Å². The van der Waals surface area contributed by atoms with Crippen molar-refractivity contribution in [2.45, 2.75) is 79.2 Å². The summed E-state index contributed by atoms with van der Waals surface area (Å²) < 4.78 is 1.90. The molecule has 0 radical (unpaired) electrons. The maximum absolute atomic E-state index is 12.5. The lowest BCUT2D eigenvalue weighted by atomic mass is 10.0. The van der Waals surface area contributed by atoms with Gasteiger partial charge in [-0.05, 0) is 135 Å². The lowest BCUT2D eigenvalue weighted by molar-refractivity contribution is 0.648. The van der Waals surface area contributed by atoms with Crippen molar-refractivity contribution in [1.29, 1.82) is 0 Å². The quantitative estimate of drug-likeness (QED) is 0.140. The van der Waals surface area contributed by atoms with Crippen LogP contribution in [0.3, 0.4) is 0 Å². The van der Waals surface area contributed by atoms with Crippen LogP contribution in [-0.2, 0) is 19.4 Å². The summed E-state index contributed by atoms with van der Waals surface area (Å²) in [7, 11) is 0. The molecule has 0 unspecified atom stereocenters. The van der Waals surface area contributed by atoms with Crippen molar-refractivity contribution in [3.8, 4) is 11.5 Å². The Balaban J connectivity index is 0.000000176. The number of nitrogens with one attached hydrogen (secondary N) is 2. The summed E-state index contributed by atoms with van der Waals surface area (Å²) in [5.74, 6) is 1.57. The molecule has 1 saturated carbocycles. The molecule has 2 N–H and O–H groups in total. The normalized spacial score (nSPS) is 12.9. The van der Waals surface area contributed by atoms with Gasteiger partial charge in [-0.1, -0.05) is 73.6 Å². The number of aryl methyl sites for hydroxylation is 6. The van der Waals surface area contributed by atoms with Crippen molar-refractivity contribution in [3.05, 3.63) is 158 Å². The van der Waals surface area contributed by atoms with E-state index in [-0.39, 0.29) is 18.7 Å². The molecule has 302 valence electrons. The zero-order valence-corrected chi connectivity index (χ0v) is 34.0. The third kappa shape index (κ3) is 8.77. The Morgan fingerprint density at radius 2 is 1.49 bits per heavy atom. The summed E-state index contributed by atoms with van der Waals surface area (Å²) in [6.07, 6.45) is 5.95. The summed E-state index contributed by atoms with van der Waals surface area (Å²) >= 11 is 12.1. The first-order chi connectivity index (χ1) is 27.9. The number of fused-ring (bicyclic) bond motifs is 4. The first kappa shape index (κ1) is 41.3. The predicted molar refractivity (Wildman–Crippen MR) is 238 cm³/mol. The number of H-pyrrole nitrogens is 2. The van der Waals surface area contributed by atoms with E-state index in [0.29, 0.717) is 50.5 Å².